The number of thiazole rings is 1. The third kappa shape index (κ3) is 2.04. The van der Waals surface area contributed by atoms with Crippen LogP contribution in [0.4, 0.5) is 5.00 Å². The van der Waals surface area contributed by atoms with Crippen LogP contribution in [0.2, 0.25) is 0 Å². The SMILES string of the molecule is Nc1sc(-c2csc(Br)c2)nc1C(=O)O. The van der Waals surface area contributed by atoms with Crippen LogP contribution in [0.1, 0.15) is 10.5 Å². The van der Waals surface area contributed by atoms with Crippen molar-refractivity contribution in [1.29, 1.82) is 0 Å². The Bertz CT molecular complexity index is 520. The molecule has 0 fully saturated rings. The summed E-state index contributed by atoms with van der Waals surface area (Å²) >= 11 is 6.03. The lowest BCUT2D eigenvalue weighted by atomic mass is 10.3. The topological polar surface area (TPSA) is 76.2 Å². The number of aromatic nitrogens is 1. The highest BCUT2D eigenvalue weighted by Crippen LogP contribution is 2.34. The number of aromatic carboxylic acids is 1. The molecule has 0 amide bonds. The minimum absolute atomic E-state index is 0.0719. The molecule has 4 nitrogen and oxygen atoms in total. The van der Waals surface area contributed by atoms with Crippen LogP contribution in [0.5, 0.6) is 0 Å². The number of rotatable bonds is 2. The smallest absolute Gasteiger partial charge is 0.357 e. The lowest BCUT2D eigenvalue weighted by Gasteiger charge is -1.86. The van der Waals surface area contributed by atoms with Gasteiger partial charge in [-0.15, -0.1) is 11.3 Å². The number of halogens is 1. The van der Waals surface area contributed by atoms with Crippen molar-refractivity contribution in [2.75, 3.05) is 5.73 Å². The van der Waals surface area contributed by atoms with Crippen molar-refractivity contribution in [3.63, 3.8) is 0 Å². The molecular weight excluding hydrogens is 300 g/mol. The van der Waals surface area contributed by atoms with E-state index in [1.807, 2.05) is 11.4 Å². The molecule has 0 aromatic carbocycles. The van der Waals surface area contributed by atoms with Gasteiger partial charge in [-0.25, -0.2) is 9.78 Å². The molecule has 0 unspecified atom stereocenters. The zero-order chi connectivity index (χ0) is 11.0. The fourth-order valence-corrected chi connectivity index (χ4v) is 3.06. The van der Waals surface area contributed by atoms with Crippen LogP contribution in [-0.4, -0.2) is 16.1 Å². The van der Waals surface area contributed by atoms with E-state index < -0.39 is 5.97 Å². The Morgan fingerprint density at radius 3 is 2.80 bits per heavy atom. The number of hydrogen-bond acceptors (Lipinski definition) is 5. The normalized spacial score (nSPS) is 10.5. The molecule has 0 saturated carbocycles. The summed E-state index contributed by atoms with van der Waals surface area (Å²) in [6.07, 6.45) is 0. The van der Waals surface area contributed by atoms with Crippen LogP contribution in [0.3, 0.4) is 0 Å². The number of nitrogen functional groups attached to an aromatic ring is 1. The molecule has 0 aliphatic heterocycles. The van der Waals surface area contributed by atoms with Crippen LogP contribution < -0.4 is 5.73 Å². The Kier molecular flexibility index (Phi) is 2.76. The highest BCUT2D eigenvalue weighted by Gasteiger charge is 2.16. The fourth-order valence-electron chi connectivity index (χ4n) is 1.03. The first-order chi connectivity index (χ1) is 7.08. The maximum absolute atomic E-state index is 10.7. The zero-order valence-corrected chi connectivity index (χ0v) is 10.4. The van der Waals surface area contributed by atoms with E-state index in [2.05, 4.69) is 20.9 Å². The van der Waals surface area contributed by atoms with Gasteiger partial charge in [0.25, 0.3) is 0 Å². The first-order valence-electron chi connectivity index (χ1n) is 3.82. The summed E-state index contributed by atoms with van der Waals surface area (Å²) in [5.74, 6) is -1.09. The summed E-state index contributed by atoms with van der Waals surface area (Å²) < 4.78 is 0.975. The molecule has 2 aromatic heterocycles. The Morgan fingerprint density at radius 1 is 1.60 bits per heavy atom. The van der Waals surface area contributed by atoms with E-state index in [0.29, 0.717) is 5.01 Å². The number of thiophene rings is 1. The summed E-state index contributed by atoms with van der Waals surface area (Å²) in [5, 5.41) is 11.6. The summed E-state index contributed by atoms with van der Waals surface area (Å²) in [6.45, 7) is 0. The van der Waals surface area contributed by atoms with Crippen LogP contribution in [0, 0.1) is 0 Å². The second kappa shape index (κ2) is 3.92. The predicted octanol–water partition coefficient (Wildman–Crippen LogP) is 2.91. The number of nitrogens with zero attached hydrogens (tertiary/aromatic N) is 1. The van der Waals surface area contributed by atoms with Gasteiger partial charge in [0, 0.05) is 10.9 Å². The second-order valence-corrected chi connectivity index (χ2v) is 6.00. The standard InChI is InChI=1S/C8H5BrN2O2S2/c9-4-1-3(2-14-4)7-11-5(8(12)13)6(10)15-7/h1-2H,10H2,(H,12,13). The third-order valence-electron chi connectivity index (χ3n) is 1.67. The van der Waals surface area contributed by atoms with Gasteiger partial charge in [0.05, 0.1) is 3.79 Å². The van der Waals surface area contributed by atoms with E-state index >= 15 is 0 Å². The van der Waals surface area contributed by atoms with E-state index in [0.717, 1.165) is 9.35 Å². The quantitative estimate of drug-likeness (QED) is 0.894. The molecule has 7 heteroatoms. The average Bonchev–Trinajstić information content (AvgIpc) is 2.71. The fraction of sp³-hybridized carbons (Fsp3) is 0. The number of hydrogen-bond donors (Lipinski definition) is 2. The summed E-state index contributed by atoms with van der Waals surface area (Å²) in [5.41, 5.74) is 6.37. The van der Waals surface area contributed by atoms with Crippen LogP contribution in [0.25, 0.3) is 10.6 Å². The molecule has 0 radical (unpaired) electrons. The first-order valence-corrected chi connectivity index (χ1v) is 6.31. The van der Waals surface area contributed by atoms with Gasteiger partial charge in [0.15, 0.2) is 5.69 Å². The molecular formula is C8H5BrN2O2S2. The van der Waals surface area contributed by atoms with Gasteiger partial charge in [0.2, 0.25) is 0 Å². The summed E-state index contributed by atoms with van der Waals surface area (Å²) in [7, 11) is 0. The van der Waals surface area contributed by atoms with Gasteiger partial charge in [-0.3, -0.25) is 0 Å². The lowest BCUT2D eigenvalue weighted by molar-refractivity contribution is 0.0692. The third-order valence-corrected chi connectivity index (χ3v) is 4.11. The van der Waals surface area contributed by atoms with E-state index in [9.17, 15) is 4.79 Å². The minimum Gasteiger partial charge on any atom is -0.476 e. The maximum atomic E-state index is 10.7. The molecule has 0 saturated heterocycles. The minimum atomic E-state index is -1.09. The summed E-state index contributed by atoms with van der Waals surface area (Å²) in [4.78, 5) is 14.7. The molecule has 78 valence electrons. The monoisotopic (exact) mass is 304 g/mol. The number of nitrogens with two attached hydrogens (primary N) is 1. The lowest BCUT2D eigenvalue weighted by Crippen LogP contribution is -2.00. The van der Waals surface area contributed by atoms with Gasteiger partial charge in [-0.1, -0.05) is 11.3 Å². The number of anilines is 1. The molecule has 0 spiro atoms. The van der Waals surface area contributed by atoms with Crippen molar-refractivity contribution in [1.82, 2.24) is 4.98 Å². The van der Waals surface area contributed by atoms with Gasteiger partial charge >= 0.3 is 5.97 Å². The van der Waals surface area contributed by atoms with E-state index in [1.54, 1.807) is 0 Å². The van der Waals surface area contributed by atoms with Crippen LogP contribution >= 0.6 is 38.6 Å². The van der Waals surface area contributed by atoms with Crippen molar-refractivity contribution >= 4 is 49.6 Å². The largest absolute Gasteiger partial charge is 0.476 e. The van der Waals surface area contributed by atoms with Gasteiger partial charge in [-0.05, 0) is 22.0 Å². The molecule has 15 heavy (non-hydrogen) atoms. The Labute approximate surface area is 102 Å². The van der Waals surface area contributed by atoms with Crippen molar-refractivity contribution in [2.45, 2.75) is 0 Å². The Balaban J connectivity index is 2.46. The molecule has 0 aliphatic carbocycles. The van der Waals surface area contributed by atoms with E-state index in [4.69, 9.17) is 10.8 Å². The number of carboxylic acid groups (broad SMARTS) is 1. The highest BCUT2D eigenvalue weighted by molar-refractivity contribution is 9.11. The predicted molar refractivity (Wildman–Crippen MR) is 64.5 cm³/mol. The number of carboxylic acids is 1. The molecule has 0 atom stereocenters. The van der Waals surface area contributed by atoms with Gasteiger partial charge in [0.1, 0.15) is 10.0 Å². The van der Waals surface area contributed by atoms with Gasteiger partial charge in [-0.2, -0.15) is 0 Å². The van der Waals surface area contributed by atoms with Crippen molar-refractivity contribution in [3.05, 3.63) is 20.9 Å². The van der Waals surface area contributed by atoms with Crippen LogP contribution in [-0.2, 0) is 0 Å². The Morgan fingerprint density at radius 2 is 2.33 bits per heavy atom. The maximum Gasteiger partial charge on any atom is 0.357 e. The number of carbonyl (C=O) groups is 1. The Hall–Kier alpha value is -0.920. The molecule has 0 bridgehead atoms. The molecule has 0 aliphatic rings. The van der Waals surface area contributed by atoms with Gasteiger partial charge < -0.3 is 10.8 Å². The molecule has 2 heterocycles. The van der Waals surface area contributed by atoms with E-state index in [-0.39, 0.29) is 10.7 Å². The van der Waals surface area contributed by atoms with Crippen molar-refractivity contribution < 1.29 is 9.90 Å². The second-order valence-electron chi connectivity index (χ2n) is 2.68. The molecule has 2 aromatic rings. The van der Waals surface area contributed by atoms with Crippen molar-refractivity contribution in [3.8, 4) is 10.6 Å². The van der Waals surface area contributed by atoms with Crippen molar-refractivity contribution in [2.24, 2.45) is 0 Å². The first kappa shape index (κ1) is 10.6. The van der Waals surface area contributed by atoms with Crippen LogP contribution in [0.15, 0.2) is 15.2 Å². The molecule has 3 N–H and O–H groups in total. The summed E-state index contributed by atoms with van der Waals surface area (Å²) in [6, 6.07) is 1.88. The highest BCUT2D eigenvalue weighted by atomic mass is 79.9. The average molecular weight is 305 g/mol. The zero-order valence-electron chi connectivity index (χ0n) is 7.23. The van der Waals surface area contributed by atoms with E-state index in [1.165, 1.54) is 22.7 Å². The molecule has 2 rings (SSSR count).